The molecule has 6 heterocycles. The molecule has 0 amide bonds. The summed E-state index contributed by atoms with van der Waals surface area (Å²) in [6, 6.07) is 10.1. The van der Waals surface area contributed by atoms with Crippen LogP contribution in [-0.4, -0.2) is 35.1 Å². The van der Waals surface area contributed by atoms with Crippen molar-refractivity contribution < 1.29 is 0 Å². The molecule has 0 aromatic carbocycles. The van der Waals surface area contributed by atoms with Crippen molar-refractivity contribution in [2.75, 3.05) is 0 Å². The van der Waals surface area contributed by atoms with Crippen molar-refractivity contribution in [3.8, 4) is 33.2 Å². The third kappa shape index (κ3) is 2.61. The highest BCUT2D eigenvalue weighted by Crippen LogP contribution is 2.33. The van der Waals surface area contributed by atoms with Crippen LogP contribution in [0.3, 0.4) is 0 Å². The molecule has 7 nitrogen and oxygen atoms in total. The van der Waals surface area contributed by atoms with Crippen LogP contribution in [0.4, 0.5) is 0 Å². The number of nitrogens with one attached hydrogen (secondary N) is 2. The van der Waals surface area contributed by atoms with Crippen molar-refractivity contribution in [3.05, 3.63) is 66.1 Å². The zero-order chi connectivity index (χ0) is 20.1. The number of H-pyrrole nitrogens is 2. The Balaban J connectivity index is 1.53. The average molecular weight is 409 g/mol. The van der Waals surface area contributed by atoms with Gasteiger partial charge in [-0.05, 0) is 42.1 Å². The Morgan fingerprint density at radius 1 is 1.00 bits per heavy atom. The molecule has 0 fully saturated rings. The Morgan fingerprint density at radius 3 is 2.83 bits per heavy atom. The molecule has 30 heavy (non-hydrogen) atoms. The number of hydrogen-bond acceptors (Lipinski definition) is 6. The number of thiophene rings is 1. The number of imidazole rings is 1. The summed E-state index contributed by atoms with van der Waals surface area (Å²) >= 11 is 1.65. The highest BCUT2D eigenvalue weighted by Gasteiger charge is 2.17. The van der Waals surface area contributed by atoms with Gasteiger partial charge in [0.2, 0.25) is 0 Å². The lowest BCUT2D eigenvalue weighted by Crippen LogP contribution is -1.87. The van der Waals surface area contributed by atoms with E-state index in [1.165, 1.54) is 0 Å². The molecule has 0 radical (unpaired) electrons. The number of fused-ring (bicyclic) bond motifs is 2. The molecular formula is C22H15N7S. The number of nitrogens with zero attached hydrogens (tertiary/aromatic N) is 5. The number of hydrogen-bond donors (Lipinski definition) is 2. The molecule has 6 aromatic heterocycles. The largest absolute Gasteiger partial charge is 0.336 e. The Labute approximate surface area is 174 Å². The van der Waals surface area contributed by atoms with Crippen molar-refractivity contribution in [3.63, 3.8) is 0 Å². The Bertz CT molecular complexity index is 1510. The lowest BCUT2D eigenvalue weighted by molar-refractivity contribution is 1.09. The number of rotatable bonds is 3. The number of aryl methyl sites for hydroxylation is 1. The second-order valence-corrected chi connectivity index (χ2v) is 7.95. The first-order valence-electron chi connectivity index (χ1n) is 9.42. The average Bonchev–Trinajstić information content (AvgIpc) is 3.51. The van der Waals surface area contributed by atoms with E-state index in [-0.39, 0.29) is 0 Å². The van der Waals surface area contributed by atoms with E-state index in [0.29, 0.717) is 11.5 Å². The van der Waals surface area contributed by atoms with Gasteiger partial charge in [0.05, 0.1) is 15.8 Å². The van der Waals surface area contributed by atoms with Crippen LogP contribution in [0.25, 0.3) is 55.3 Å². The highest BCUT2D eigenvalue weighted by atomic mass is 32.1. The van der Waals surface area contributed by atoms with Gasteiger partial charge >= 0.3 is 0 Å². The van der Waals surface area contributed by atoms with Crippen LogP contribution >= 0.6 is 11.3 Å². The van der Waals surface area contributed by atoms with Crippen LogP contribution in [0.1, 0.15) is 5.56 Å². The molecule has 0 atom stereocenters. The maximum absolute atomic E-state index is 4.85. The van der Waals surface area contributed by atoms with Crippen LogP contribution in [0, 0.1) is 6.92 Å². The van der Waals surface area contributed by atoms with Gasteiger partial charge in [-0.1, -0.05) is 6.07 Å². The van der Waals surface area contributed by atoms with Gasteiger partial charge in [0.15, 0.2) is 11.5 Å². The topological polar surface area (TPSA) is 96.0 Å². The van der Waals surface area contributed by atoms with Gasteiger partial charge in [-0.15, -0.1) is 11.3 Å². The lowest BCUT2D eigenvalue weighted by atomic mass is 10.0. The molecule has 8 heteroatoms. The van der Waals surface area contributed by atoms with E-state index in [1.807, 2.05) is 36.0 Å². The van der Waals surface area contributed by atoms with Crippen molar-refractivity contribution in [1.29, 1.82) is 0 Å². The van der Waals surface area contributed by atoms with Gasteiger partial charge in [-0.3, -0.25) is 15.1 Å². The minimum atomic E-state index is 0.684. The summed E-state index contributed by atoms with van der Waals surface area (Å²) < 4.78 is 0. The summed E-state index contributed by atoms with van der Waals surface area (Å²) in [5.74, 6) is 0.684. The van der Waals surface area contributed by atoms with E-state index in [9.17, 15) is 0 Å². The second kappa shape index (κ2) is 6.57. The highest BCUT2D eigenvalue weighted by molar-refractivity contribution is 7.13. The van der Waals surface area contributed by atoms with Crippen molar-refractivity contribution in [2.45, 2.75) is 6.92 Å². The Kier molecular flexibility index (Phi) is 3.72. The van der Waals surface area contributed by atoms with Crippen LogP contribution in [0.2, 0.25) is 0 Å². The SMILES string of the molecule is Cc1ccncc1-c1cnc2[nH]nc(-c3nc4c(-c5cccs5)nccc4[nH]3)c2c1. The summed E-state index contributed by atoms with van der Waals surface area (Å²) in [6.07, 6.45) is 7.29. The van der Waals surface area contributed by atoms with Gasteiger partial charge < -0.3 is 4.98 Å². The van der Waals surface area contributed by atoms with Gasteiger partial charge in [-0.25, -0.2) is 9.97 Å². The molecule has 0 aliphatic heterocycles. The van der Waals surface area contributed by atoms with Crippen LogP contribution in [0.5, 0.6) is 0 Å². The summed E-state index contributed by atoms with van der Waals surface area (Å²) in [4.78, 5) is 22.7. The zero-order valence-electron chi connectivity index (χ0n) is 15.9. The molecule has 6 rings (SSSR count). The number of pyridine rings is 3. The van der Waals surface area contributed by atoms with Crippen molar-refractivity contribution in [1.82, 2.24) is 35.1 Å². The van der Waals surface area contributed by atoms with Gasteiger partial charge in [-0.2, -0.15) is 5.10 Å². The molecule has 0 aliphatic carbocycles. The summed E-state index contributed by atoms with van der Waals surface area (Å²) in [5.41, 5.74) is 7.26. The fourth-order valence-corrected chi connectivity index (χ4v) is 4.36. The van der Waals surface area contributed by atoms with E-state index in [1.54, 1.807) is 23.7 Å². The first-order chi connectivity index (χ1) is 14.8. The van der Waals surface area contributed by atoms with Crippen molar-refractivity contribution >= 4 is 33.4 Å². The molecule has 0 spiro atoms. The summed E-state index contributed by atoms with van der Waals surface area (Å²) in [5, 5.41) is 10.5. The molecule has 0 bridgehead atoms. The maximum Gasteiger partial charge on any atom is 0.159 e. The third-order valence-corrected chi connectivity index (χ3v) is 6.02. The Morgan fingerprint density at radius 2 is 1.97 bits per heavy atom. The molecule has 0 saturated carbocycles. The molecular weight excluding hydrogens is 394 g/mol. The van der Waals surface area contributed by atoms with Gasteiger partial charge in [0.1, 0.15) is 16.9 Å². The molecule has 0 aliphatic rings. The monoisotopic (exact) mass is 409 g/mol. The minimum Gasteiger partial charge on any atom is -0.336 e. The first-order valence-corrected chi connectivity index (χ1v) is 10.3. The van der Waals surface area contributed by atoms with E-state index >= 15 is 0 Å². The lowest BCUT2D eigenvalue weighted by Gasteiger charge is -2.04. The second-order valence-electron chi connectivity index (χ2n) is 7.00. The normalized spacial score (nSPS) is 11.5. The minimum absolute atomic E-state index is 0.684. The van der Waals surface area contributed by atoms with Gasteiger partial charge in [0.25, 0.3) is 0 Å². The van der Waals surface area contributed by atoms with E-state index in [0.717, 1.165) is 49.4 Å². The van der Waals surface area contributed by atoms with Crippen LogP contribution < -0.4 is 0 Å². The van der Waals surface area contributed by atoms with E-state index in [2.05, 4.69) is 49.2 Å². The predicted molar refractivity (Wildman–Crippen MR) is 118 cm³/mol. The van der Waals surface area contributed by atoms with Gasteiger partial charge in [0, 0.05) is 35.9 Å². The Hall–Kier alpha value is -3.91. The molecule has 144 valence electrons. The van der Waals surface area contributed by atoms with Crippen LogP contribution in [-0.2, 0) is 0 Å². The summed E-state index contributed by atoms with van der Waals surface area (Å²) in [6.45, 7) is 2.07. The fourth-order valence-electron chi connectivity index (χ4n) is 3.64. The zero-order valence-corrected chi connectivity index (χ0v) is 16.7. The number of aromatic amines is 2. The molecule has 2 N–H and O–H groups in total. The van der Waals surface area contributed by atoms with Crippen LogP contribution in [0.15, 0.2) is 60.5 Å². The predicted octanol–water partition coefficient (Wildman–Crippen LogP) is 5.00. The van der Waals surface area contributed by atoms with Crippen molar-refractivity contribution in [2.24, 2.45) is 0 Å². The molecule has 0 unspecified atom stereocenters. The molecule has 0 saturated heterocycles. The van der Waals surface area contributed by atoms with E-state index in [4.69, 9.17) is 4.98 Å². The fraction of sp³-hybridized carbons (Fsp3) is 0.0455. The molecule has 6 aromatic rings. The standard InChI is InChI=1S/C22H15N7S/c1-12-4-6-23-11-15(12)13-9-14-18(28-29-21(14)25-10-13)22-26-16-5-7-24-20(19(16)27-22)17-3-2-8-30-17/h2-11H,1H3,(H,26,27)(H,25,28,29). The smallest absolute Gasteiger partial charge is 0.159 e. The number of aromatic nitrogens is 7. The first kappa shape index (κ1) is 17.0. The third-order valence-electron chi connectivity index (χ3n) is 5.15. The summed E-state index contributed by atoms with van der Waals surface area (Å²) in [7, 11) is 0. The maximum atomic E-state index is 4.85. The quantitative estimate of drug-likeness (QED) is 0.429. The van der Waals surface area contributed by atoms with E-state index < -0.39 is 0 Å².